The van der Waals surface area contributed by atoms with E-state index in [0.717, 1.165) is 45.2 Å². The number of hydrogen-bond donors (Lipinski definition) is 1. The highest BCUT2D eigenvalue weighted by atomic mass is 16.2. The standard InChI is InChI=1S/C19H36N4O/c1-16(14-22-12-10-21(2)11-13-22)20-19(24)23(15-17-8-9-17)18-6-4-3-5-7-18/h16-18H,3-15H2,1-2H3,(H,20,24)/t16-/m1/s1. The number of carbonyl (C=O) groups excluding carboxylic acids is 1. The fourth-order valence-corrected chi connectivity index (χ4v) is 4.13. The first-order valence-electron chi connectivity index (χ1n) is 10.1. The van der Waals surface area contributed by atoms with Crippen LogP contribution in [0.1, 0.15) is 51.9 Å². The van der Waals surface area contributed by atoms with E-state index in [1.165, 1.54) is 44.9 Å². The molecule has 2 amide bonds. The molecule has 0 aromatic carbocycles. The minimum Gasteiger partial charge on any atom is -0.334 e. The van der Waals surface area contributed by atoms with Gasteiger partial charge in [0.1, 0.15) is 0 Å². The number of piperazine rings is 1. The number of nitrogens with zero attached hydrogens (tertiary/aromatic N) is 3. The molecular formula is C19H36N4O. The van der Waals surface area contributed by atoms with Crippen LogP contribution in [0, 0.1) is 5.92 Å². The highest BCUT2D eigenvalue weighted by molar-refractivity contribution is 5.75. The Morgan fingerprint density at radius 3 is 2.38 bits per heavy atom. The average molecular weight is 337 g/mol. The molecule has 1 saturated heterocycles. The van der Waals surface area contributed by atoms with Crippen molar-refractivity contribution >= 4 is 6.03 Å². The third kappa shape index (κ3) is 5.35. The van der Waals surface area contributed by atoms with Crippen molar-refractivity contribution < 1.29 is 4.79 Å². The topological polar surface area (TPSA) is 38.8 Å². The van der Waals surface area contributed by atoms with Crippen molar-refractivity contribution in [3.8, 4) is 0 Å². The summed E-state index contributed by atoms with van der Waals surface area (Å²) in [5.41, 5.74) is 0. The summed E-state index contributed by atoms with van der Waals surface area (Å²) in [6.45, 7) is 8.62. The third-order valence-corrected chi connectivity index (χ3v) is 5.93. The van der Waals surface area contributed by atoms with E-state index in [-0.39, 0.29) is 12.1 Å². The zero-order chi connectivity index (χ0) is 16.9. The van der Waals surface area contributed by atoms with Gasteiger partial charge in [0.05, 0.1) is 0 Å². The zero-order valence-corrected chi connectivity index (χ0v) is 15.7. The number of hydrogen-bond acceptors (Lipinski definition) is 3. The van der Waals surface area contributed by atoms with Gasteiger partial charge in [0.2, 0.25) is 0 Å². The van der Waals surface area contributed by atoms with Gasteiger partial charge in [-0.05, 0) is 45.6 Å². The largest absolute Gasteiger partial charge is 0.334 e. The van der Waals surface area contributed by atoms with Crippen LogP contribution in [0.4, 0.5) is 4.79 Å². The van der Waals surface area contributed by atoms with Crippen LogP contribution >= 0.6 is 0 Å². The van der Waals surface area contributed by atoms with Gasteiger partial charge in [-0.25, -0.2) is 4.79 Å². The lowest BCUT2D eigenvalue weighted by Crippen LogP contribution is -2.54. The molecule has 138 valence electrons. The summed E-state index contributed by atoms with van der Waals surface area (Å²) in [5.74, 6) is 0.769. The van der Waals surface area contributed by atoms with Crippen molar-refractivity contribution in [2.45, 2.75) is 64.0 Å². The number of amides is 2. The molecule has 0 bridgehead atoms. The summed E-state index contributed by atoms with van der Waals surface area (Å²) in [6, 6.07) is 0.900. The van der Waals surface area contributed by atoms with E-state index in [0.29, 0.717) is 6.04 Å². The summed E-state index contributed by atoms with van der Waals surface area (Å²) in [4.78, 5) is 19.9. The number of urea groups is 1. The third-order valence-electron chi connectivity index (χ3n) is 5.93. The van der Waals surface area contributed by atoms with E-state index >= 15 is 0 Å². The smallest absolute Gasteiger partial charge is 0.317 e. The monoisotopic (exact) mass is 336 g/mol. The van der Waals surface area contributed by atoms with E-state index < -0.39 is 0 Å². The molecule has 0 aromatic heterocycles. The van der Waals surface area contributed by atoms with E-state index in [1.807, 2.05) is 0 Å². The molecule has 2 saturated carbocycles. The Hall–Kier alpha value is -0.810. The van der Waals surface area contributed by atoms with Crippen LogP contribution in [0.5, 0.6) is 0 Å². The summed E-state index contributed by atoms with van der Waals surface area (Å²) < 4.78 is 0. The summed E-state index contributed by atoms with van der Waals surface area (Å²) in [5, 5.41) is 3.30. The van der Waals surface area contributed by atoms with Gasteiger partial charge in [-0.3, -0.25) is 4.90 Å². The molecule has 5 heteroatoms. The van der Waals surface area contributed by atoms with E-state index in [2.05, 4.69) is 34.0 Å². The quantitative estimate of drug-likeness (QED) is 0.809. The highest BCUT2D eigenvalue weighted by Gasteiger charge is 2.32. The Kier molecular flexibility index (Phi) is 6.39. The first-order valence-corrected chi connectivity index (χ1v) is 10.1. The highest BCUT2D eigenvalue weighted by Crippen LogP contribution is 2.32. The van der Waals surface area contributed by atoms with Crippen molar-refractivity contribution in [2.75, 3.05) is 46.3 Å². The van der Waals surface area contributed by atoms with Crippen molar-refractivity contribution in [3.63, 3.8) is 0 Å². The van der Waals surface area contributed by atoms with Gasteiger partial charge >= 0.3 is 6.03 Å². The Bertz CT molecular complexity index is 398. The lowest BCUT2D eigenvalue weighted by atomic mass is 9.94. The second-order valence-electron chi connectivity index (χ2n) is 8.34. The summed E-state index contributed by atoms with van der Waals surface area (Å²) in [6.07, 6.45) is 8.95. The molecule has 0 aromatic rings. The van der Waals surface area contributed by atoms with Gasteiger partial charge in [0.15, 0.2) is 0 Å². The second kappa shape index (κ2) is 8.52. The number of likely N-dealkylation sites (N-methyl/N-ethyl adjacent to an activating group) is 1. The Labute approximate surface area is 147 Å². The maximum atomic E-state index is 12.9. The zero-order valence-electron chi connectivity index (χ0n) is 15.7. The number of nitrogens with one attached hydrogen (secondary N) is 1. The molecular weight excluding hydrogens is 300 g/mol. The first-order chi connectivity index (χ1) is 11.6. The van der Waals surface area contributed by atoms with Gasteiger partial charge in [-0.2, -0.15) is 0 Å². The maximum Gasteiger partial charge on any atom is 0.317 e. The molecule has 1 atom stereocenters. The van der Waals surface area contributed by atoms with Crippen LogP contribution < -0.4 is 5.32 Å². The van der Waals surface area contributed by atoms with Gasteiger partial charge in [-0.15, -0.1) is 0 Å². The van der Waals surface area contributed by atoms with Crippen LogP contribution in [0.15, 0.2) is 0 Å². The van der Waals surface area contributed by atoms with Gasteiger partial charge in [0, 0.05) is 51.4 Å². The first kappa shape index (κ1) is 18.0. The second-order valence-corrected chi connectivity index (χ2v) is 8.34. The predicted octanol–water partition coefficient (Wildman–Crippen LogP) is 2.38. The van der Waals surface area contributed by atoms with Gasteiger partial charge in [-0.1, -0.05) is 19.3 Å². The van der Waals surface area contributed by atoms with Crippen LogP contribution in [0.2, 0.25) is 0 Å². The van der Waals surface area contributed by atoms with E-state index in [4.69, 9.17) is 0 Å². The van der Waals surface area contributed by atoms with E-state index in [9.17, 15) is 4.79 Å². The van der Waals surface area contributed by atoms with Crippen LogP contribution in [-0.2, 0) is 0 Å². The number of rotatable bonds is 6. The molecule has 24 heavy (non-hydrogen) atoms. The van der Waals surface area contributed by atoms with Crippen molar-refractivity contribution in [2.24, 2.45) is 5.92 Å². The number of carbonyl (C=O) groups is 1. The lowest BCUT2D eigenvalue weighted by molar-refractivity contribution is 0.132. The minimum absolute atomic E-state index is 0.190. The SMILES string of the molecule is C[C@H](CN1CCN(C)CC1)NC(=O)N(CC1CC1)C1CCCCC1. The van der Waals surface area contributed by atoms with Gasteiger partial charge < -0.3 is 15.1 Å². The molecule has 3 fully saturated rings. The molecule has 0 spiro atoms. The summed E-state index contributed by atoms with van der Waals surface area (Å²) >= 11 is 0. The maximum absolute atomic E-state index is 12.9. The summed E-state index contributed by atoms with van der Waals surface area (Å²) in [7, 11) is 2.18. The van der Waals surface area contributed by atoms with Crippen LogP contribution in [0.25, 0.3) is 0 Å². The van der Waals surface area contributed by atoms with Crippen molar-refractivity contribution in [3.05, 3.63) is 0 Å². The van der Waals surface area contributed by atoms with Crippen molar-refractivity contribution in [1.82, 2.24) is 20.0 Å². The molecule has 1 N–H and O–H groups in total. The Morgan fingerprint density at radius 1 is 1.08 bits per heavy atom. The van der Waals surface area contributed by atoms with Crippen LogP contribution in [0.3, 0.4) is 0 Å². The fourth-order valence-electron chi connectivity index (χ4n) is 4.13. The fraction of sp³-hybridized carbons (Fsp3) is 0.947. The predicted molar refractivity (Wildman–Crippen MR) is 98.2 cm³/mol. The molecule has 0 unspecified atom stereocenters. The average Bonchev–Trinajstić information content (AvgIpc) is 3.39. The van der Waals surface area contributed by atoms with E-state index in [1.54, 1.807) is 0 Å². The molecule has 2 aliphatic carbocycles. The minimum atomic E-state index is 0.190. The molecule has 3 rings (SSSR count). The molecule has 1 aliphatic heterocycles. The molecule has 5 nitrogen and oxygen atoms in total. The Morgan fingerprint density at radius 2 is 1.75 bits per heavy atom. The lowest BCUT2D eigenvalue weighted by Gasteiger charge is -2.37. The Balaban J connectivity index is 1.48. The van der Waals surface area contributed by atoms with Gasteiger partial charge in [0.25, 0.3) is 0 Å². The normalized spacial score (nSPS) is 25.4. The molecule has 0 radical (unpaired) electrons. The van der Waals surface area contributed by atoms with Crippen molar-refractivity contribution in [1.29, 1.82) is 0 Å². The van der Waals surface area contributed by atoms with Crippen LogP contribution in [-0.4, -0.2) is 79.1 Å². The molecule has 1 heterocycles. The molecule has 3 aliphatic rings.